The molecule has 1 aromatic rings. The van der Waals surface area contributed by atoms with Crippen LogP contribution in [0.5, 0.6) is 0 Å². The number of carbonyl (C=O) groups is 7. The molecule has 3 saturated carbocycles. The third-order valence-corrected chi connectivity index (χ3v) is 15.5. The van der Waals surface area contributed by atoms with E-state index >= 15 is 4.79 Å². The number of halogens is 6. The van der Waals surface area contributed by atoms with Gasteiger partial charge in [-0.2, -0.15) is 0 Å². The zero-order chi connectivity index (χ0) is 53.7. The molecule has 0 unspecified atom stereocenters. The van der Waals surface area contributed by atoms with E-state index in [1.807, 2.05) is 0 Å². The van der Waals surface area contributed by atoms with Crippen LogP contribution in [0.25, 0.3) is 0 Å². The molecule has 72 heavy (non-hydrogen) atoms. The summed E-state index contributed by atoms with van der Waals surface area (Å²) in [5.41, 5.74) is -10.1. The largest absolute Gasteiger partial charge is 0.509 e. The average Bonchev–Trinajstić information content (AvgIpc) is 3.82. The second kappa shape index (κ2) is 21.4. The number of alkyl halides is 6. The molecule has 24 heteroatoms. The van der Waals surface area contributed by atoms with Crippen LogP contribution in [-0.4, -0.2) is 133 Å². The number of benzene rings is 1. The van der Waals surface area contributed by atoms with Gasteiger partial charge in [0.2, 0.25) is 13.5 Å². The molecule has 1 saturated heterocycles. The van der Waals surface area contributed by atoms with Crippen LogP contribution in [-0.2, 0) is 57.1 Å². The second-order valence-electron chi connectivity index (χ2n) is 20.9. The Balaban J connectivity index is 1.60. The van der Waals surface area contributed by atoms with E-state index in [4.69, 9.17) is 108 Å². The summed E-state index contributed by atoms with van der Waals surface area (Å²) < 4.78 is 42.6. The Labute approximate surface area is 446 Å². The SMILES string of the molecule is CC(=O)O[C@@]12CO[C@@H]1C[C@H](OC(=O)OCC(Cl)(Cl)Cl)[C@@]1(C)C(=O)[C@H](OC(=O)OCC(Cl)(Cl)Cl)C3=C(C)[C@@H](OC(=O)[C@H](O)[C@@H](NC(=O)C4CCCC4)C(C)(C)C)C[C@@](O)([C@@H](OC(=O)c4ccccc4)[C@H]21)C3(C)C. The van der Waals surface area contributed by atoms with E-state index in [0.29, 0.717) is 12.8 Å². The summed E-state index contributed by atoms with van der Waals surface area (Å²) in [4.78, 5) is 99.6. The van der Waals surface area contributed by atoms with Gasteiger partial charge in [0.25, 0.3) is 0 Å². The van der Waals surface area contributed by atoms with E-state index in [9.17, 15) is 39.0 Å². The summed E-state index contributed by atoms with van der Waals surface area (Å²) in [5.74, 6) is -6.84. The molecule has 4 aliphatic carbocycles. The molecule has 3 N–H and O–H groups in total. The number of esters is 3. The highest BCUT2D eigenvalue weighted by atomic mass is 35.6. The summed E-state index contributed by atoms with van der Waals surface area (Å²) >= 11 is 35.4. The van der Waals surface area contributed by atoms with E-state index < -0.39 is 152 Å². The highest BCUT2D eigenvalue weighted by Crippen LogP contribution is 2.65. The fourth-order valence-corrected chi connectivity index (χ4v) is 11.5. The van der Waals surface area contributed by atoms with Gasteiger partial charge in [-0.25, -0.2) is 19.2 Å². The van der Waals surface area contributed by atoms with Crippen molar-refractivity contribution in [2.24, 2.45) is 28.1 Å². The van der Waals surface area contributed by atoms with Crippen LogP contribution < -0.4 is 5.32 Å². The molecule has 4 fully saturated rings. The first-order valence-electron chi connectivity index (χ1n) is 23.2. The van der Waals surface area contributed by atoms with Gasteiger partial charge in [-0.1, -0.05) is 135 Å². The number of hydrogen-bond donors (Lipinski definition) is 3. The molecule has 0 radical (unpaired) electrons. The summed E-state index contributed by atoms with van der Waals surface area (Å²) in [6, 6.07) is 6.35. The Morgan fingerprint density at radius 3 is 1.94 bits per heavy atom. The molecule has 5 aliphatic rings. The van der Waals surface area contributed by atoms with E-state index in [1.165, 1.54) is 39.8 Å². The number of rotatable bonds is 12. The molecular formula is C48H59Cl6NO17. The molecule has 0 spiro atoms. The normalized spacial score (nSPS) is 31.1. The average molecular weight is 1130 g/mol. The van der Waals surface area contributed by atoms with Gasteiger partial charge in [0.05, 0.1) is 29.5 Å². The summed E-state index contributed by atoms with van der Waals surface area (Å²) in [7, 11) is 0. The molecular weight excluding hydrogens is 1080 g/mol. The molecule has 1 aliphatic heterocycles. The lowest BCUT2D eigenvalue weighted by Crippen LogP contribution is -2.82. The van der Waals surface area contributed by atoms with Crippen LogP contribution in [0.2, 0.25) is 0 Å². The highest BCUT2D eigenvalue weighted by molar-refractivity contribution is 6.68. The Hall–Kier alpha value is -3.33. The van der Waals surface area contributed by atoms with Gasteiger partial charge in [0.15, 0.2) is 23.6 Å². The van der Waals surface area contributed by atoms with Gasteiger partial charge in [0.1, 0.15) is 43.2 Å². The van der Waals surface area contributed by atoms with Crippen molar-refractivity contribution in [1.82, 2.24) is 5.32 Å². The van der Waals surface area contributed by atoms with Crippen LogP contribution in [0.4, 0.5) is 9.59 Å². The second-order valence-corrected chi connectivity index (χ2v) is 25.9. The molecule has 1 aromatic carbocycles. The van der Waals surface area contributed by atoms with Crippen LogP contribution >= 0.6 is 69.6 Å². The minimum Gasteiger partial charge on any atom is -0.456 e. The zero-order valence-electron chi connectivity index (χ0n) is 40.7. The number of nitrogens with one attached hydrogen (secondary N) is 1. The van der Waals surface area contributed by atoms with Crippen molar-refractivity contribution in [2.45, 2.75) is 155 Å². The monoisotopic (exact) mass is 1130 g/mol. The molecule has 2 bridgehead atoms. The number of ether oxygens (including phenoxy) is 8. The smallest absolute Gasteiger partial charge is 0.456 e. The van der Waals surface area contributed by atoms with Crippen LogP contribution in [0.1, 0.15) is 104 Å². The van der Waals surface area contributed by atoms with Crippen LogP contribution in [0.3, 0.4) is 0 Å². The number of aliphatic hydroxyl groups excluding tert-OH is 1. The minimum atomic E-state index is -2.61. The van der Waals surface area contributed by atoms with Crippen molar-refractivity contribution in [3.05, 3.63) is 47.0 Å². The molecule has 11 atom stereocenters. The standard InChI is InChI=1S/C48H59Cl6NO17/c1-23-27(68-39(61)31(57)34(42(3,4)5)55-37(59)25-14-12-13-15-25)19-46(64)36(71-38(60)26-16-10-9-11-17-26)33-44(8,35(58)32(30(23)43(46,6)7)70-41(63)67-22-48(52,53)54)28(69-40(62)66-21-47(49,50)51)18-29-45(33,20-65-29)72-24(2)56/h9-11,16-17,25,27-29,31-34,36,57,64H,12-15,18-22H2,1-8H3,(H,55,59)/t27-,28-,29+,31+,32+,33-,34+,36-,44+,45-,46+/m0/s1. The van der Waals surface area contributed by atoms with Crippen molar-refractivity contribution < 1.29 is 81.7 Å². The lowest BCUT2D eigenvalue weighted by atomic mass is 9.44. The van der Waals surface area contributed by atoms with Gasteiger partial charge in [-0.3, -0.25) is 14.4 Å². The summed E-state index contributed by atoms with van der Waals surface area (Å²) in [5, 5.41) is 28.7. The first kappa shape index (κ1) is 57.9. The van der Waals surface area contributed by atoms with E-state index in [0.717, 1.165) is 19.8 Å². The first-order valence-corrected chi connectivity index (χ1v) is 25.5. The highest BCUT2D eigenvalue weighted by Gasteiger charge is 2.79. The Kier molecular flexibility index (Phi) is 17.2. The third kappa shape index (κ3) is 11.7. The summed E-state index contributed by atoms with van der Waals surface area (Å²) in [6.07, 6.45) is -12.1. The van der Waals surface area contributed by atoms with E-state index in [-0.39, 0.29) is 28.5 Å². The quantitative estimate of drug-likeness (QED) is 0.0783. The van der Waals surface area contributed by atoms with Crippen LogP contribution in [0.15, 0.2) is 41.5 Å². The fraction of sp³-hybridized carbons (Fsp3) is 0.688. The molecule has 0 aromatic heterocycles. The first-order chi connectivity index (χ1) is 33.2. The lowest BCUT2D eigenvalue weighted by molar-refractivity contribution is -0.346. The minimum absolute atomic E-state index is 0.00477. The van der Waals surface area contributed by atoms with E-state index in [1.54, 1.807) is 39.0 Å². The van der Waals surface area contributed by atoms with Crippen LogP contribution in [0, 0.1) is 28.1 Å². The zero-order valence-corrected chi connectivity index (χ0v) is 45.3. The third-order valence-electron chi connectivity index (χ3n) is 14.8. The summed E-state index contributed by atoms with van der Waals surface area (Å²) in [6.45, 7) is 9.59. The number of amides is 1. The molecule has 1 amide bonds. The number of aliphatic hydroxyl groups is 2. The number of Topliss-reactive ketones (excluding diaryl/α,β-unsaturated/α-hetero) is 1. The van der Waals surface area contributed by atoms with Crippen molar-refractivity contribution in [2.75, 3.05) is 19.8 Å². The number of ketones is 1. The predicted octanol–water partition coefficient (Wildman–Crippen LogP) is 7.78. The van der Waals surface area contributed by atoms with Gasteiger partial charge < -0.3 is 53.4 Å². The lowest BCUT2D eigenvalue weighted by Gasteiger charge is -2.67. The number of carbonyl (C=O) groups excluding carboxylic acids is 7. The number of hydrogen-bond acceptors (Lipinski definition) is 17. The van der Waals surface area contributed by atoms with Gasteiger partial charge >= 0.3 is 30.2 Å². The Morgan fingerprint density at radius 1 is 0.861 bits per heavy atom. The maximum atomic E-state index is 16.3. The van der Waals surface area contributed by atoms with E-state index in [2.05, 4.69) is 5.32 Å². The van der Waals surface area contributed by atoms with Crippen molar-refractivity contribution >= 4 is 112 Å². The molecule has 400 valence electrons. The predicted molar refractivity (Wildman–Crippen MR) is 259 cm³/mol. The van der Waals surface area contributed by atoms with Gasteiger partial charge in [-0.05, 0) is 55.4 Å². The molecule has 1 heterocycles. The Morgan fingerprint density at radius 2 is 1.43 bits per heavy atom. The molecule has 18 nitrogen and oxygen atoms in total. The topological polar surface area (TPSA) is 246 Å². The van der Waals surface area contributed by atoms with Gasteiger partial charge in [0, 0.05) is 31.1 Å². The van der Waals surface area contributed by atoms with Crippen molar-refractivity contribution in [3.63, 3.8) is 0 Å². The molecule has 6 rings (SSSR count). The maximum Gasteiger partial charge on any atom is 0.509 e. The van der Waals surface area contributed by atoms with Crippen molar-refractivity contribution in [1.29, 1.82) is 0 Å². The maximum absolute atomic E-state index is 16.3. The number of fused-ring (bicyclic) bond motifs is 5. The Bertz CT molecular complexity index is 2310. The van der Waals surface area contributed by atoms with Gasteiger partial charge in [-0.15, -0.1) is 0 Å². The van der Waals surface area contributed by atoms with Crippen molar-refractivity contribution in [3.8, 4) is 0 Å². The fourth-order valence-electron chi connectivity index (χ4n) is 11.1.